The van der Waals surface area contributed by atoms with E-state index in [2.05, 4.69) is 31.3 Å². The third kappa shape index (κ3) is 3.93. The van der Waals surface area contributed by atoms with E-state index in [0.29, 0.717) is 12.6 Å². The van der Waals surface area contributed by atoms with Gasteiger partial charge in [-0.3, -0.25) is 0 Å². The molecule has 0 aliphatic carbocycles. The minimum absolute atomic E-state index is 0.321. The maximum Gasteiger partial charge on any atom is 0.0741 e. The summed E-state index contributed by atoms with van der Waals surface area (Å²) < 4.78 is 0. The van der Waals surface area contributed by atoms with Gasteiger partial charge in [0.15, 0.2) is 0 Å². The van der Waals surface area contributed by atoms with Crippen LogP contribution in [0, 0.1) is 6.92 Å². The minimum atomic E-state index is -0.597. The zero-order valence-electron chi connectivity index (χ0n) is 10.0. The van der Waals surface area contributed by atoms with Crippen LogP contribution < -0.4 is 5.32 Å². The van der Waals surface area contributed by atoms with Crippen LogP contribution >= 0.6 is 11.3 Å². The van der Waals surface area contributed by atoms with Crippen LogP contribution in [-0.2, 0) is 0 Å². The highest BCUT2D eigenvalue weighted by Gasteiger charge is 2.18. The van der Waals surface area contributed by atoms with Gasteiger partial charge in [-0.2, -0.15) is 0 Å². The van der Waals surface area contributed by atoms with Crippen LogP contribution in [0.1, 0.15) is 43.0 Å². The van der Waals surface area contributed by atoms with Crippen molar-refractivity contribution in [2.75, 3.05) is 6.54 Å². The Morgan fingerprint density at radius 2 is 2.20 bits per heavy atom. The molecule has 0 saturated carbocycles. The van der Waals surface area contributed by atoms with Gasteiger partial charge in [0.05, 0.1) is 5.60 Å². The normalized spacial score (nSPS) is 17.4. The highest BCUT2D eigenvalue weighted by atomic mass is 32.1. The molecule has 1 aromatic rings. The first-order valence-electron chi connectivity index (χ1n) is 5.47. The van der Waals surface area contributed by atoms with Crippen molar-refractivity contribution in [3.63, 3.8) is 0 Å². The summed E-state index contributed by atoms with van der Waals surface area (Å²) in [5.74, 6) is 0. The molecule has 1 heterocycles. The monoisotopic (exact) mass is 227 g/mol. The van der Waals surface area contributed by atoms with E-state index in [4.69, 9.17) is 0 Å². The Bertz CT molecular complexity index is 306. The summed E-state index contributed by atoms with van der Waals surface area (Å²) in [6.07, 6.45) is 0.774. The molecule has 0 saturated heterocycles. The predicted octanol–water partition coefficient (Wildman–Crippen LogP) is 2.87. The minimum Gasteiger partial charge on any atom is -0.389 e. The first kappa shape index (κ1) is 12.7. The molecule has 3 heteroatoms. The molecule has 1 aromatic heterocycles. The van der Waals surface area contributed by atoms with Gasteiger partial charge >= 0.3 is 0 Å². The van der Waals surface area contributed by atoms with Crippen molar-refractivity contribution in [3.05, 3.63) is 21.9 Å². The Labute approximate surface area is 96.3 Å². The Kier molecular flexibility index (Phi) is 4.32. The van der Waals surface area contributed by atoms with Crippen molar-refractivity contribution in [2.45, 2.75) is 45.8 Å². The maximum absolute atomic E-state index is 9.87. The van der Waals surface area contributed by atoms with E-state index < -0.39 is 5.60 Å². The second kappa shape index (κ2) is 5.10. The summed E-state index contributed by atoms with van der Waals surface area (Å²) in [4.78, 5) is 2.67. The van der Waals surface area contributed by atoms with Crippen LogP contribution in [0.15, 0.2) is 12.1 Å². The number of thiophene rings is 1. The summed E-state index contributed by atoms with van der Waals surface area (Å²) >= 11 is 1.81. The lowest BCUT2D eigenvalue weighted by molar-refractivity contribution is 0.0535. The number of aliphatic hydroxyl groups is 1. The van der Waals surface area contributed by atoms with Gasteiger partial charge in [0.2, 0.25) is 0 Å². The van der Waals surface area contributed by atoms with Crippen LogP contribution in [-0.4, -0.2) is 17.3 Å². The summed E-state index contributed by atoms with van der Waals surface area (Å²) in [6, 6.07) is 4.61. The van der Waals surface area contributed by atoms with Gasteiger partial charge in [0.1, 0.15) is 0 Å². The van der Waals surface area contributed by atoms with Crippen LogP contribution in [0.5, 0.6) is 0 Å². The predicted molar refractivity (Wildman–Crippen MR) is 66.4 cm³/mol. The Hall–Kier alpha value is -0.380. The van der Waals surface area contributed by atoms with Crippen LogP contribution in [0.4, 0.5) is 0 Å². The molecule has 0 aliphatic heterocycles. The van der Waals surface area contributed by atoms with Crippen LogP contribution in [0.25, 0.3) is 0 Å². The zero-order chi connectivity index (χ0) is 11.5. The van der Waals surface area contributed by atoms with Crippen molar-refractivity contribution < 1.29 is 5.11 Å². The average Bonchev–Trinajstić information content (AvgIpc) is 2.61. The fraction of sp³-hybridized carbons (Fsp3) is 0.667. The number of aryl methyl sites for hydroxylation is 1. The lowest BCUT2D eigenvalue weighted by Crippen LogP contribution is -2.38. The summed E-state index contributed by atoms with van der Waals surface area (Å²) in [7, 11) is 0. The maximum atomic E-state index is 9.87. The van der Waals surface area contributed by atoms with E-state index in [1.807, 2.05) is 25.2 Å². The molecule has 2 nitrogen and oxygen atoms in total. The van der Waals surface area contributed by atoms with E-state index in [1.165, 1.54) is 9.75 Å². The SMILES string of the molecule is CCC(C)(O)CNC(C)c1ccc(C)s1. The van der Waals surface area contributed by atoms with Crippen molar-refractivity contribution in [2.24, 2.45) is 0 Å². The fourth-order valence-electron chi connectivity index (χ4n) is 1.28. The van der Waals surface area contributed by atoms with E-state index in [9.17, 15) is 5.11 Å². The average molecular weight is 227 g/mol. The van der Waals surface area contributed by atoms with Crippen LogP contribution in [0.3, 0.4) is 0 Å². The summed E-state index contributed by atoms with van der Waals surface area (Å²) in [5, 5.41) is 13.2. The summed E-state index contributed by atoms with van der Waals surface area (Å²) in [5.41, 5.74) is -0.597. The van der Waals surface area contributed by atoms with Crippen molar-refractivity contribution in [1.29, 1.82) is 0 Å². The molecule has 1 rings (SSSR count). The molecule has 2 atom stereocenters. The first-order valence-corrected chi connectivity index (χ1v) is 6.28. The number of rotatable bonds is 5. The first-order chi connectivity index (χ1) is 6.94. The molecule has 0 radical (unpaired) electrons. The molecular weight excluding hydrogens is 206 g/mol. The van der Waals surface area contributed by atoms with E-state index in [-0.39, 0.29) is 0 Å². The van der Waals surface area contributed by atoms with Gasteiger partial charge in [-0.25, -0.2) is 0 Å². The highest BCUT2D eigenvalue weighted by molar-refractivity contribution is 7.12. The van der Waals surface area contributed by atoms with Crippen LogP contribution in [0.2, 0.25) is 0 Å². The van der Waals surface area contributed by atoms with Gasteiger partial charge in [-0.15, -0.1) is 11.3 Å². The lowest BCUT2D eigenvalue weighted by Gasteiger charge is -2.24. The van der Waals surface area contributed by atoms with Gasteiger partial charge < -0.3 is 10.4 Å². The van der Waals surface area contributed by atoms with Gasteiger partial charge in [0, 0.05) is 22.3 Å². The lowest BCUT2D eigenvalue weighted by atomic mass is 10.0. The molecule has 2 unspecified atom stereocenters. The standard InChI is InChI=1S/C12H21NOS/c1-5-12(4,14)8-13-10(3)11-7-6-9(2)15-11/h6-7,10,13-14H,5,8H2,1-4H3. The molecule has 0 fully saturated rings. The molecule has 2 N–H and O–H groups in total. The van der Waals surface area contributed by atoms with Gasteiger partial charge in [0.25, 0.3) is 0 Å². The van der Waals surface area contributed by atoms with Crippen molar-refractivity contribution in [3.8, 4) is 0 Å². The third-order valence-electron chi connectivity index (χ3n) is 2.74. The Morgan fingerprint density at radius 1 is 1.53 bits per heavy atom. The molecule has 15 heavy (non-hydrogen) atoms. The second-order valence-corrected chi connectivity index (χ2v) is 5.72. The second-order valence-electron chi connectivity index (χ2n) is 4.40. The smallest absolute Gasteiger partial charge is 0.0741 e. The van der Waals surface area contributed by atoms with Gasteiger partial charge in [-0.05, 0) is 39.3 Å². The molecule has 86 valence electrons. The van der Waals surface area contributed by atoms with E-state index in [0.717, 1.165) is 6.42 Å². The molecular formula is C12H21NOS. The largest absolute Gasteiger partial charge is 0.389 e. The summed E-state index contributed by atoms with van der Waals surface area (Å²) in [6.45, 7) is 8.76. The number of hydrogen-bond acceptors (Lipinski definition) is 3. The molecule has 0 aliphatic rings. The van der Waals surface area contributed by atoms with Crippen molar-refractivity contribution >= 4 is 11.3 Å². The quantitative estimate of drug-likeness (QED) is 0.810. The fourth-order valence-corrected chi connectivity index (χ4v) is 2.19. The number of nitrogens with one attached hydrogen (secondary N) is 1. The van der Waals surface area contributed by atoms with E-state index >= 15 is 0 Å². The Morgan fingerprint density at radius 3 is 2.67 bits per heavy atom. The molecule has 0 bridgehead atoms. The zero-order valence-corrected chi connectivity index (χ0v) is 10.8. The van der Waals surface area contributed by atoms with Gasteiger partial charge in [-0.1, -0.05) is 6.92 Å². The topological polar surface area (TPSA) is 32.3 Å². The van der Waals surface area contributed by atoms with Crippen molar-refractivity contribution in [1.82, 2.24) is 5.32 Å². The molecule has 0 amide bonds. The Balaban J connectivity index is 2.46. The third-order valence-corrected chi connectivity index (χ3v) is 3.92. The molecule has 0 aromatic carbocycles. The highest BCUT2D eigenvalue weighted by Crippen LogP contribution is 2.22. The number of hydrogen-bond donors (Lipinski definition) is 2. The molecule has 0 spiro atoms. The van der Waals surface area contributed by atoms with E-state index in [1.54, 1.807) is 0 Å².